The van der Waals surface area contributed by atoms with Crippen molar-refractivity contribution in [3.63, 3.8) is 0 Å². The maximum Gasteiger partial charge on any atom is 0.267 e. The van der Waals surface area contributed by atoms with Crippen LogP contribution < -0.4 is 5.32 Å². The number of hydrogen-bond acceptors (Lipinski definition) is 4. The number of carbonyl (C=O) groups is 1. The van der Waals surface area contributed by atoms with Gasteiger partial charge in [0.15, 0.2) is 0 Å². The molecular weight excluding hydrogens is 384 g/mol. The SMILES string of the molecule is CC(C)c1ccc(C=C2SC(=S)N(CNc3cccc(Cl)c3)C2=O)cc1. The molecule has 0 aliphatic carbocycles. The third-order valence-electron chi connectivity index (χ3n) is 4.04. The summed E-state index contributed by atoms with van der Waals surface area (Å²) in [6.07, 6.45) is 1.89. The van der Waals surface area contributed by atoms with Crippen molar-refractivity contribution in [1.82, 2.24) is 4.90 Å². The normalized spacial score (nSPS) is 16.0. The van der Waals surface area contributed by atoms with Crippen LogP contribution in [0, 0.1) is 0 Å². The van der Waals surface area contributed by atoms with Gasteiger partial charge in [-0.05, 0) is 41.3 Å². The summed E-state index contributed by atoms with van der Waals surface area (Å²) < 4.78 is 0.551. The summed E-state index contributed by atoms with van der Waals surface area (Å²) >= 11 is 12.7. The minimum Gasteiger partial charge on any atom is -0.367 e. The Bertz CT molecular complexity index is 862. The Kier molecular flexibility index (Phi) is 6.01. The van der Waals surface area contributed by atoms with Crippen molar-refractivity contribution in [2.24, 2.45) is 0 Å². The van der Waals surface area contributed by atoms with E-state index in [4.69, 9.17) is 23.8 Å². The van der Waals surface area contributed by atoms with Crippen molar-refractivity contribution in [3.05, 3.63) is 69.6 Å². The van der Waals surface area contributed by atoms with E-state index in [-0.39, 0.29) is 5.91 Å². The lowest BCUT2D eigenvalue weighted by Crippen LogP contribution is -2.33. The molecule has 2 aromatic carbocycles. The van der Waals surface area contributed by atoms with Crippen LogP contribution in [-0.4, -0.2) is 21.8 Å². The summed E-state index contributed by atoms with van der Waals surface area (Å²) in [6, 6.07) is 15.6. The topological polar surface area (TPSA) is 32.3 Å². The minimum atomic E-state index is -0.0811. The van der Waals surface area contributed by atoms with E-state index in [1.807, 2.05) is 36.4 Å². The molecular formula is C20H19ClN2OS2. The van der Waals surface area contributed by atoms with Gasteiger partial charge in [-0.15, -0.1) is 0 Å². The third-order valence-corrected chi connectivity index (χ3v) is 5.65. The lowest BCUT2D eigenvalue weighted by atomic mass is 10.0. The van der Waals surface area contributed by atoms with Gasteiger partial charge in [0.1, 0.15) is 4.32 Å². The lowest BCUT2D eigenvalue weighted by molar-refractivity contribution is -0.121. The van der Waals surface area contributed by atoms with Crippen LogP contribution in [0.25, 0.3) is 6.08 Å². The molecule has 1 fully saturated rings. The molecule has 6 heteroatoms. The van der Waals surface area contributed by atoms with Crippen LogP contribution in [0.1, 0.15) is 30.9 Å². The average molecular weight is 403 g/mol. The minimum absolute atomic E-state index is 0.0811. The summed E-state index contributed by atoms with van der Waals surface area (Å²) in [7, 11) is 0. The first kappa shape index (κ1) is 19.0. The molecule has 0 atom stereocenters. The number of anilines is 1. The van der Waals surface area contributed by atoms with E-state index in [0.717, 1.165) is 11.3 Å². The monoisotopic (exact) mass is 402 g/mol. The summed E-state index contributed by atoms with van der Waals surface area (Å²) in [4.78, 5) is 14.9. The maximum absolute atomic E-state index is 12.7. The van der Waals surface area contributed by atoms with E-state index >= 15 is 0 Å². The van der Waals surface area contributed by atoms with Crippen molar-refractivity contribution in [2.75, 3.05) is 12.0 Å². The Morgan fingerprint density at radius 3 is 2.62 bits per heavy atom. The number of nitrogens with zero attached hydrogens (tertiary/aromatic N) is 1. The molecule has 1 saturated heterocycles. The van der Waals surface area contributed by atoms with Crippen LogP contribution in [0.4, 0.5) is 5.69 Å². The van der Waals surface area contributed by atoms with Gasteiger partial charge < -0.3 is 5.32 Å². The van der Waals surface area contributed by atoms with Gasteiger partial charge in [-0.1, -0.05) is 79.8 Å². The number of hydrogen-bond donors (Lipinski definition) is 1. The van der Waals surface area contributed by atoms with Crippen molar-refractivity contribution in [1.29, 1.82) is 0 Å². The third kappa shape index (κ3) is 4.47. The van der Waals surface area contributed by atoms with E-state index in [0.29, 0.717) is 26.8 Å². The van der Waals surface area contributed by atoms with Gasteiger partial charge in [-0.3, -0.25) is 9.69 Å². The molecule has 3 rings (SSSR count). The van der Waals surface area contributed by atoms with Crippen molar-refractivity contribution in [2.45, 2.75) is 19.8 Å². The molecule has 0 radical (unpaired) electrons. The first-order chi connectivity index (χ1) is 12.4. The second-order valence-electron chi connectivity index (χ2n) is 6.28. The summed E-state index contributed by atoms with van der Waals surface area (Å²) in [5, 5.41) is 3.83. The number of thioether (sulfide) groups is 1. The Morgan fingerprint density at radius 2 is 1.96 bits per heavy atom. The highest BCUT2D eigenvalue weighted by Gasteiger charge is 2.31. The highest BCUT2D eigenvalue weighted by atomic mass is 35.5. The number of nitrogens with one attached hydrogen (secondary N) is 1. The van der Waals surface area contributed by atoms with Gasteiger partial charge in [0.25, 0.3) is 5.91 Å². The van der Waals surface area contributed by atoms with Gasteiger partial charge in [-0.2, -0.15) is 0 Å². The largest absolute Gasteiger partial charge is 0.367 e. The molecule has 0 saturated carbocycles. The fourth-order valence-electron chi connectivity index (χ4n) is 2.53. The van der Waals surface area contributed by atoms with Crippen LogP contribution in [0.3, 0.4) is 0 Å². The Labute approximate surface area is 168 Å². The van der Waals surface area contributed by atoms with E-state index < -0.39 is 0 Å². The molecule has 0 aromatic heterocycles. The fourth-order valence-corrected chi connectivity index (χ4v) is 3.98. The maximum atomic E-state index is 12.7. The van der Waals surface area contributed by atoms with Crippen LogP contribution in [0.2, 0.25) is 5.02 Å². The number of amides is 1. The van der Waals surface area contributed by atoms with Crippen LogP contribution in [0.15, 0.2) is 53.4 Å². The number of thiocarbonyl (C=S) groups is 1. The first-order valence-corrected chi connectivity index (χ1v) is 9.89. The Balaban J connectivity index is 1.69. The molecule has 0 bridgehead atoms. The molecule has 2 aromatic rings. The van der Waals surface area contributed by atoms with Gasteiger partial charge in [0, 0.05) is 10.7 Å². The van der Waals surface area contributed by atoms with Gasteiger partial charge in [0.05, 0.1) is 11.6 Å². The number of halogens is 1. The molecule has 1 aliphatic rings. The fraction of sp³-hybridized carbons (Fsp3) is 0.200. The summed E-state index contributed by atoms with van der Waals surface area (Å²) in [5.41, 5.74) is 3.12. The zero-order valence-corrected chi connectivity index (χ0v) is 16.9. The van der Waals surface area contributed by atoms with Gasteiger partial charge in [0.2, 0.25) is 0 Å². The van der Waals surface area contributed by atoms with Crippen molar-refractivity contribution < 1.29 is 4.79 Å². The first-order valence-electron chi connectivity index (χ1n) is 8.29. The molecule has 1 aliphatic heterocycles. The molecule has 3 nitrogen and oxygen atoms in total. The standard InChI is InChI=1S/C20H19ClN2OS2/c1-13(2)15-8-6-14(7-9-15)10-18-19(24)23(20(25)26-18)12-22-17-5-3-4-16(21)11-17/h3-11,13,22H,12H2,1-2H3. The Morgan fingerprint density at radius 1 is 1.23 bits per heavy atom. The number of rotatable bonds is 5. The zero-order valence-electron chi connectivity index (χ0n) is 14.5. The van der Waals surface area contributed by atoms with E-state index in [1.165, 1.54) is 17.3 Å². The van der Waals surface area contributed by atoms with Crippen molar-refractivity contribution in [3.8, 4) is 0 Å². The van der Waals surface area contributed by atoms with Crippen LogP contribution >= 0.6 is 35.6 Å². The highest BCUT2D eigenvalue weighted by molar-refractivity contribution is 8.26. The zero-order chi connectivity index (χ0) is 18.7. The van der Waals surface area contributed by atoms with Crippen LogP contribution in [0.5, 0.6) is 0 Å². The molecule has 0 unspecified atom stereocenters. The molecule has 1 amide bonds. The summed E-state index contributed by atoms with van der Waals surface area (Å²) in [5.74, 6) is 0.405. The Hall–Kier alpha value is -1.82. The number of carbonyl (C=O) groups excluding carboxylic acids is 1. The quantitative estimate of drug-likeness (QED) is 0.511. The molecule has 1 N–H and O–H groups in total. The predicted octanol–water partition coefficient (Wildman–Crippen LogP) is 5.73. The molecule has 1 heterocycles. The predicted molar refractivity (Wildman–Crippen MR) is 115 cm³/mol. The second kappa shape index (κ2) is 8.25. The van der Waals surface area contributed by atoms with Crippen LogP contribution in [-0.2, 0) is 4.79 Å². The number of benzene rings is 2. The lowest BCUT2D eigenvalue weighted by Gasteiger charge is -2.16. The smallest absolute Gasteiger partial charge is 0.267 e. The molecule has 0 spiro atoms. The van der Waals surface area contributed by atoms with E-state index in [2.05, 4.69) is 31.3 Å². The van der Waals surface area contributed by atoms with E-state index in [1.54, 1.807) is 11.0 Å². The molecule has 26 heavy (non-hydrogen) atoms. The highest BCUT2D eigenvalue weighted by Crippen LogP contribution is 2.32. The summed E-state index contributed by atoms with van der Waals surface area (Å²) in [6.45, 7) is 4.63. The van der Waals surface area contributed by atoms with Gasteiger partial charge >= 0.3 is 0 Å². The average Bonchev–Trinajstić information content (AvgIpc) is 2.87. The molecule has 134 valence electrons. The second-order valence-corrected chi connectivity index (χ2v) is 8.39. The van der Waals surface area contributed by atoms with E-state index in [9.17, 15) is 4.79 Å². The van der Waals surface area contributed by atoms with Gasteiger partial charge in [-0.25, -0.2) is 0 Å². The van der Waals surface area contributed by atoms with Crippen molar-refractivity contribution >= 4 is 57.6 Å².